The minimum Gasteiger partial charge on any atom is -0.342 e. The summed E-state index contributed by atoms with van der Waals surface area (Å²) in [6, 6.07) is 1.75. The van der Waals surface area contributed by atoms with Gasteiger partial charge in [0, 0.05) is 12.4 Å². The summed E-state index contributed by atoms with van der Waals surface area (Å²) in [5.41, 5.74) is 0. The van der Waals surface area contributed by atoms with E-state index in [9.17, 15) is 4.79 Å². The van der Waals surface area contributed by atoms with E-state index in [0.717, 1.165) is 0 Å². The van der Waals surface area contributed by atoms with Crippen molar-refractivity contribution in [3.8, 4) is 6.07 Å². The fourth-order valence-corrected chi connectivity index (χ4v) is 0.573. The fraction of sp³-hybridized carbons (Fsp3) is 0.167. The molecule has 1 rings (SSSR count). The molecule has 1 N–H and O–H groups in total. The molecule has 0 unspecified atom stereocenters. The molecule has 10 heavy (non-hydrogen) atoms. The van der Waals surface area contributed by atoms with E-state index in [1.165, 1.54) is 6.20 Å². The zero-order chi connectivity index (χ0) is 7.40. The van der Waals surface area contributed by atoms with Crippen LogP contribution in [0.1, 0.15) is 17.0 Å². The van der Waals surface area contributed by atoms with Gasteiger partial charge in [0.25, 0.3) is 0 Å². The van der Waals surface area contributed by atoms with Gasteiger partial charge in [-0.05, 0) is 0 Å². The smallest absolute Gasteiger partial charge is 0.212 e. The molecule has 0 atom stereocenters. The van der Waals surface area contributed by atoms with E-state index in [-0.39, 0.29) is 18.0 Å². The first-order valence-electron chi connectivity index (χ1n) is 2.74. The SMILES string of the molecule is N#CCC(=O)c1ncc[nH]1. The third-order valence-corrected chi connectivity index (χ3v) is 1.00. The van der Waals surface area contributed by atoms with Crippen LogP contribution in [0, 0.1) is 11.3 Å². The molecule has 0 radical (unpaired) electrons. The molecule has 0 saturated heterocycles. The molecule has 0 aliphatic rings. The Morgan fingerprint density at radius 3 is 3.20 bits per heavy atom. The van der Waals surface area contributed by atoms with Crippen LogP contribution in [0.3, 0.4) is 0 Å². The van der Waals surface area contributed by atoms with Crippen molar-refractivity contribution in [2.24, 2.45) is 0 Å². The lowest BCUT2D eigenvalue weighted by molar-refractivity contribution is 0.0989. The van der Waals surface area contributed by atoms with Gasteiger partial charge in [-0.15, -0.1) is 0 Å². The van der Waals surface area contributed by atoms with Crippen LogP contribution in [0.2, 0.25) is 0 Å². The van der Waals surface area contributed by atoms with E-state index < -0.39 is 0 Å². The van der Waals surface area contributed by atoms with Crippen molar-refractivity contribution in [2.75, 3.05) is 0 Å². The van der Waals surface area contributed by atoms with E-state index in [0.29, 0.717) is 0 Å². The number of carbonyl (C=O) groups excluding carboxylic acids is 1. The molecule has 0 amide bonds. The molecule has 0 aliphatic carbocycles. The van der Waals surface area contributed by atoms with Crippen LogP contribution in [-0.4, -0.2) is 15.8 Å². The molecule has 0 aliphatic heterocycles. The van der Waals surface area contributed by atoms with Gasteiger partial charge < -0.3 is 4.98 Å². The first kappa shape index (κ1) is 6.49. The summed E-state index contributed by atoms with van der Waals surface area (Å²) in [5, 5.41) is 8.12. The molecule has 50 valence electrons. The standard InChI is InChI=1S/C6H5N3O/c7-2-1-5(10)6-8-3-4-9-6/h3-4H,1H2,(H,8,9). The van der Waals surface area contributed by atoms with Gasteiger partial charge in [0.2, 0.25) is 5.78 Å². The Kier molecular flexibility index (Phi) is 1.80. The van der Waals surface area contributed by atoms with Crippen LogP contribution in [0.15, 0.2) is 12.4 Å². The topological polar surface area (TPSA) is 69.5 Å². The summed E-state index contributed by atoms with van der Waals surface area (Å²) in [6.45, 7) is 0. The second-order valence-electron chi connectivity index (χ2n) is 1.70. The van der Waals surface area contributed by atoms with Crippen molar-refractivity contribution >= 4 is 5.78 Å². The number of rotatable bonds is 2. The minimum atomic E-state index is -0.271. The van der Waals surface area contributed by atoms with Gasteiger partial charge in [-0.3, -0.25) is 4.79 Å². The molecule has 4 nitrogen and oxygen atoms in total. The number of hydrogen-bond donors (Lipinski definition) is 1. The average molecular weight is 135 g/mol. The Morgan fingerprint density at radius 2 is 2.70 bits per heavy atom. The number of aromatic amines is 1. The minimum absolute atomic E-state index is 0.118. The first-order chi connectivity index (χ1) is 4.84. The number of imidazole rings is 1. The van der Waals surface area contributed by atoms with Crippen LogP contribution >= 0.6 is 0 Å². The summed E-state index contributed by atoms with van der Waals surface area (Å²) in [5.74, 6) is -0.0194. The molecule has 1 aromatic heterocycles. The number of aromatic nitrogens is 2. The van der Waals surface area contributed by atoms with Crippen molar-refractivity contribution < 1.29 is 4.79 Å². The average Bonchev–Trinajstić information content (AvgIpc) is 2.38. The first-order valence-corrected chi connectivity index (χ1v) is 2.74. The van der Waals surface area contributed by atoms with E-state index in [1.807, 2.05) is 0 Å². The van der Waals surface area contributed by atoms with E-state index >= 15 is 0 Å². The monoisotopic (exact) mass is 135 g/mol. The number of H-pyrrole nitrogens is 1. The summed E-state index contributed by atoms with van der Waals surface area (Å²) in [6.07, 6.45) is 2.91. The van der Waals surface area contributed by atoms with Gasteiger partial charge in [-0.2, -0.15) is 5.26 Å². The molecule has 0 fully saturated rings. The van der Waals surface area contributed by atoms with Gasteiger partial charge in [0.15, 0.2) is 5.82 Å². The molecule has 4 heteroatoms. The molecular weight excluding hydrogens is 130 g/mol. The van der Waals surface area contributed by atoms with E-state index in [4.69, 9.17) is 5.26 Å². The predicted octanol–water partition coefficient (Wildman–Crippen LogP) is 0.506. The fourth-order valence-electron chi connectivity index (χ4n) is 0.573. The van der Waals surface area contributed by atoms with Crippen molar-refractivity contribution in [3.05, 3.63) is 18.2 Å². The largest absolute Gasteiger partial charge is 0.342 e. The van der Waals surface area contributed by atoms with Crippen molar-refractivity contribution in [1.29, 1.82) is 5.26 Å². The van der Waals surface area contributed by atoms with Gasteiger partial charge in [0.05, 0.1) is 6.07 Å². The van der Waals surface area contributed by atoms with Crippen LogP contribution in [-0.2, 0) is 0 Å². The van der Waals surface area contributed by atoms with Gasteiger partial charge in [-0.1, -0.05) is 0 Å². The predicted molar refractivity (Wildman–Crippen MR) is 33.1 cm³/mol. The third kappa shape index (κ3) is 1.20. The Balaban J connectivity index is 2.71. The normalized spacial score (nSPS) is 8.70. The number of ketones is 1. The maximum atomic E-state index is 10.8. The Labute approximate surface area is 57.5 Å². The van der Waals surface area contributed by atoms with Crippen molar-refractivity contribution in [2.45, 2.75) is 6.42 Å². The lowest BCUT2D eigenvalue weighted by Gasteiger charge is -1.84. The number of carbonyl (C=O) groups is 1. The quantitative estimate of drug-likeness (QED) is 0.600. The van der Waals surface area contributed by atoms with Crippen LogP contribution < -0.4 is 0 Å². The lowest BCUT2D eigenvalue weighted by atomic mass is 10.3. The number of hydrogen-bond acceptors (Lipinski definition) is 3. The number of Topliss-reactive ketones (excluding diaryl/α,β-unsaturated/α-hetero) is 1. The highest BCUT2D eigenvalue weighted by Gasteiger charge is 2.05. The van der Waals surface area contributed by atoms with E-state index in [2.05, 4.69) is 9.97 Å². The molecule has 1 aromatic rings. The molecule has 0 aromatic carbocycles. The molecule has 0 bridgehead atoms. The Morgan fingerprint density at radius 1 is 1.90 bits per heavy atom. The second kappa shape index (κ2) is 2.78. The summed E-state index contributed by atoms with van der Waals surface area (Å²) < 4.78 is 0. The number of nitriles is 1. The highest BCUT2D eigenvalue weighted by atomic mass is 16.1. The van der Waals surface area contributed by atoms with Gasteiger partial charge >= 0.3 is 0 Å². The Bertz CT molecular complexity index is 257. The van der Waals surface area contributed by atoms with Crippen molar-refractivity contribution in [1.82, 2.24) is 9.97 Å². The summed E-state index contributed by atoms with van der Waals surface area (Å²) >= 11 is 0. The van der Waals surface area contributed by atoms with Crippen LogP contribution in [0.4, 0.5) is 0 Å². The zero-order valence-corrected chi connectivity index (χ0v) is 5.16. The third-order valence-electron chi connectivity index (χ3n) is 1.00. The zero-order valence-electron chi connectivity index (χ0n) is 5.16. The van der Waals surface area contributed by atoms with Gasteiger partial charge in [0.1, 0.15) is 6.42 Å². The van der Waals surface area contributed by atoms with Gasteiger partial charge in [-0.25, -0.2) is 4.98 Å². The van der Waals surface area contributed by atoms with Crippen LogP contribution in [0.25, 0.3) is 0 Å². The lowest BCUT2D eigenvalue weighted by Crippen LogP contribution is -1.99. The molecule has 0 saturated carbocycles. The highest BCUT2D eigenvalue weighted by Crippen LogP contribution is 1.93. The van der Waals surface area contributed by atoms with E-state index in [1.54, 1.807) is 12.3 Å². The van der Waals surface area contributed by atoms with Crippen molar-refractivity contribution in [3.63, 3.8) is 0 Å². The maximum Gasteiger partial charge on any atom is 0.212 e. The summed E-state index contributed by atoms with van der Waals surface area (Å²) in [7, 11) is 0. The second-order valence-corrected chi connectivity index (χ2v) is 1.70. The summed E-state index contributed by atoms with van der Waals surface area (Å²) in [4.78, 5) is 17.1. The Hall–Kier alpha value is -1.63. The molecule has 1 heterocycles. The number of nitrogens with zero attached hydrogens (tertiary/aromatic N) is 2. The molecule has 0 spiro atoms. The van der Waals surface area contributed by atoms with Crippen LogP contribution in [0.5, 0.6) is 0 Å². The number of nitrogens with one attached hydrogen (secondary N) is 1. The molecular formula is C6H5N3O. The highest BCUT2D eigenvalue weighted by molar-refractivity contribution is 5.93. The maximum absolute atomic E-state index is 10.8.